The summed E-state index contributed by atoms with van der Waals surface area (Å²) in [5.41, 5.74) is 0. The molecule has 1 saturated heterocycles. The van der Waals surface area contributed by atoms with Crippen LogP contribution >= 0.6 is 12.4 Å². The Labute approximate surface area is 137 Å². The molecule has 0 bridgehead atoms. The van der Waals surface area contributed by atoms with Crippen molar-refractivity contribution in [2.24, 2.45) is 0 Å². The second-order valence-electron chi connectivity index (χ2n) is 5.67. The third-order valence-electron chi connectivity index (χ3n) is 4.00. The first-order chi connectivity index (χ1) is 9.88. The van der Waals surface area contributed by atoms with Crippen molar-refractivity contribution in [2.45, 2.75) is 44.3 Å². The molecule has 0 N–H and O–H groups in total. The fourth-order valence-electron chi connectivity index (χ4n) is 2.77. The predicted molar refractivity (Wildman–Crippen MR) is 91.8 cm³/mol. The van der Waals surface area contributed by atoms with E-state index >= 15 is 0 Å². The van der Waals surface area contributed by atoms with Crippen LogP contribution in [-0.2, 0) is 10.8 Å². The molecule has 1 aromatic heterocycles. The van der Waals surface area contributed by atoms with Crippen molar-refractivity contribution in [1.29, 1.82) is 0 Å². The molecular formula is C16H29ClNO2Si. The lowest BCUT2D eigenvalue weighted by Gasteiger charge is -2.27. The third kappa shape index (κ3) is 7.50. The Morgan fingerprint density at radius 1 is 1.19 bits per heavy atom. The maximum atomic E-state index is 5.54. The number of rotatable bonds is 9. The van der Waals surface area contributed by atoms with E-state index in [1.807, 2.05) is 12.3 Å². The van der Waals surface area contributed by atoms with Gasteiger partial charge in [0.2, 0.25) is 0 Å². The molecular weight excluding hydrogens is 302 g/mol. The molecule has 121 valence electrons. The normalized spacial score (nSPS) is 16.1. The smallest absolute Gasteiger partial charge is 0.100 e. The summed E-state index contributed by atoms with van der Waals surface area (Å²) in [6.45, 7) is 7.62. The Kier molecular flexibility index (Phi) is 10.1. The van der Waals surface area contributed by atoms with Crippen LogP contribution in [0.25, 0.3) is 0 Å². The molecule has 1 aliphatic rings. The van der Waals surface area contributed by atoms with Gasteiger partial charge in [-0.05, 0) is 31.1 Å². The summed E-state index contributed by atoms with van der Waals surface area (Å²) in [4.78, 5) is 2.55. The van der Waals surface area contributed by atoms with E-state index in [1.165, 1.54) is 49.7 Å². The first-order valence-corrected chi connectivity index (χ1v) is 10.2. The molecule has 0 saturated carbocycles. The summed E-state index contributed by atoms with van der Waals surface area (Å²) >= 11 is 0. The van der Waals surface area contributed by atoms with Crippen molar-refractivity contribution >= 4 is 21.2 Å². The molecule has 1 aliphatic heterocycles. The average molecular weight is 331 g/mol. The summed E-state index contributed by atoms with van der Waals surface area (Å²) < 4.78 is 10.9. The summed E-state index contributed by atoms with van der Waals surface area (Å²) in [6, 6.07) is 8.22. The van der Waals surface area contributed by atoms with E-state index in [2.05, 4.69) is 17.9 Å². The van der Waals surface area contributed by atoms with Crippen LogP contribution in [0.2, 0.25) is 12.1 Å². The molecule has 0 aromatic carbocycles. The molecule has 2 heterocycles. The van der Waals surface area contributed by atoms with Gasteiger partial charge in [-0.2, -0.15) is 0 Å². The maximum absolute atomic E-state index is 5.54. The molecule has 0 spiro atoms. The van der Waals surface area contributed by atoms with Crippen molar-refractivity contribution in [3.63, 3.8) is 0 Å². The van der Waals surface area contributed by atoms with Gasteiger partial charge >= 0.3 is 0 Å². The standard InChI is InChI=1S/C16H28NO2Si.ClH/c1-2-3-13-20(15-16-6-4-10-19-16)14-5-7-17-8-11-18-12-9-17;/h4,6,10H,2-3,5,7-9,11-15H2,1H3;1H. The number of furan rings is 1. The van der Waals surface area contributed by atoms with E-state index < -0.39 is 0 Å². The van der Waals surface area contributed by atoms with E-state index in [0.29, 0.717) is 0 Å². The lowest BCUT2D eigenvalue weighted by molar-refractivity contribution is 0.0380. The van der Waals surface area contributed by atoms with Crippen LogP contribution < -0.4 is 0 Å². The second kappa shape index (κ2) is 11.3. The fraction of sp³-hybridized carbons (Fsp3) is 0.750. The zero-order chi connectivity index (χ0) is 14.0. The van der Waals surface area contributed by atoms with Crippen molar-refractivity contribution in [2.75, 3.05) is 32.8 Å². The highest BCUT2D eigenvalue weighted by atomic mass is 35.5. The number of morpholine rings is 1. The predicted octanol–water partition coefficient (Wildman–Crippen LogP) is 3.80. The molecule has 1 aromatic rings. The lowest BCUT2D eigenvalue weighted by atomic mass is 10.3. The minimum atomic E-state index is -0.282. The van der Waals surface area contributed by atoms with Crippen LogP contribution in [0.5, 0.6) is 0 Å². The monoisotopic (exact) mass is 330 g/mol. The van der Waals surface area contributed by atoms with Crippen LogP contribution in [0.15, 0.2) is 22.8 Å². The van der Waals surface area contributed by atoms with Crippen molar-refractivity contribution in [3.05, 3.63) is 24.2 Å². The second-order valence-corrected chi connectivity index (χ2v) is 8.52. The third-order valence-corrected chi connectivity index (χ3v) is 6.97. The van der Waals surface area contributed by atoms with E-state index in [4.69, 9.17) is 9.15 Å². The van der Waals surface area contributed by atoms with Gasteiger partial charge in [0.1, 0.15) is 5.76 Å². The molecule has 1 fully saturated rings. The average Bonchev–Trinajstić information content (AvgIpc) is 2.98. The Balaban J connectivity index is 0.00000220. The molecule has 21 heavy (non-hydrogen) atoms. The quantitative estimate of drug-likeness (QED) is 0.644. The fourth-order valence-corrected chi connectivity index (χ4v) is 5.57. The van der Waals surface area contributed by atoms with Gasteiger partial charge < -0.3 is 9.15 Å². The molecule has 0 atom stereocenters. The number of unbranched alkanes of at least 4 members (excludes halogenated alkanes) is 1. The summed E-state index contributed by atoms with van der Waals surface area (Å²) in [5.74, 6) is 1.20. The topological polar surface area (TPSA) is 25.6 Å². The molecule has 0 amide bonds. The van der Waals surface area contributed by atoms with Crippen molar-refractivity contribution < 1.29 is 9.15 Å². The van der Waals surface area contributed by atoms with Crippen molar-refractivity contribution in [3.8, 4) is 0 Å². The number of hydrogen-bond donors (Lipinski definition) is 0. The van der Waals surface area contributed by atoms with Crippen molar-refractivity contribution in [1.82, 2.24) is 4.90 Å². The highest BCUT2D eigenvalue weighted by Gasteiger charge is 2.15. The zero-order valence-electron chi connectivity index (χ0n) is 13.2. The number of hydrogen-bond acceptors (Lipinski definition) is 3. The van der Waals surface area contributed by atoms with E-state index in [9.17, 15) is 0 Å². The molecule has 3 nitrogen and oxygen atoms in total. The van der Waals surface area contributed by atoms with Gasteiger partial charge in [0, 0.05) is 13.1 Å². The van der Waals surface area contributed by atoms with Crippen LogP contribution in [0.1, 0.15) is 31.9 Å². The molecule has 0 aliphatic carbocycles. The van der Waals surface area contributed by atoms with E-state index in [0.717, 1.165) is 26.3 Å². The molecule has 1 radical (unpaired) electrons. The van der Waals surface area contributed by atoms with Gasteiger partial charge in [-0.15, -0.1) is 12.4 Å². The highest BCUT2D eigenvalue weighted by molar-refractivity contribution is 6.58. The number of halogens is 1. The van der Waals surface area contributed by atoms with Gasteiger partial charge in [0.15, 0.2) is 0 Å². The van der Waals surface area contributed by atoms with Crippen LogP contribution in [0.3, 0.4) is 0 Å². The van der Waals surface area contributed by atoms with Crippen LogP contribution in [0.4, 0.5) is 0 Å². The largest absolute Gasteiger partial charge is 0.470 e. The maximum Gasteiger partial charge on any atom is 0.100 e. The Morgan fingerprint density at radius 2 is 1.95 bits per heavy atom. The minimum absolute atomic E-state index is 0. The minimum Gasteiger partial charge on any atom is -0.470 e. The van der Waals surface area contributed by atoms with Gasteiger partial charge in [-0.3, -0.25) is 4.90 Å². The first-order valence-electron chi connectivity index (χ1n) is 8.04. The van der Waals surface area contributed by atoms with Gasteiger partial charge in [0.05, 0.1) is 28.3 Å². The first kappa shape index (κ1) is 18.8. The summed E-state index contributed by atoms with van der Waals surface area (Å²) in [7, 11) is -0.282. The zero-order valence-corrected chi connectivity index (χ0v) is 15.0. The molecule has 0 unspecified atom stereocenters. The summed E-state index contributed by atoms with van der Waals surface area (Å²) in [6.07, 6.45) is 5.85. The lowest BCUT2D eigenvalue weighted by Crippen LogP contribution is -2.37. The SMILES string of the molecule is CCCC[Si](CCCN1CCOCC1)Cc1ccco1.Cl. The van der Waals surface area contributed by atoms with Gasteiger partial charge in [0.25, 0.3) is 0 Å². The Bertz CT molecular complexity index is 342. The van der Waals surface area contributed by atoms with E-state index in [-0.39, 0.29) is 21.2 Å². The number of ether oxygens (including phenoxy) is 1. The summed E-state index contributed by atoms with van der Waals surface area (Å²) in [5, 5.41) is 0. The molecule has 5 heteroatoms. The van der Waals surface area contributed by atoms with Gasteiger partial charge in [-0.1, -0.05) is 31.9 Å². The highest BCUT2D eigenvalue weighted by Crippen LogP contribution is 2.15. The van der Waals surface area contributed by atoms with Crippen LogP contribution in [0, 0.1) is 0 Å². The van der Waals surface area contributed by atoms with Gasteiger partial charge in [-0.25, -0.2) is 0 Å². The molecule has 2 rings (SSSR count). The Hall–Kier alpha value is -0.293. The van der Waals surface area contributed by atoms with Crippen LogP contribution in [-0.4, -0.2) is 46.5 Å². The Morgan fingerprint density at radius 3 is 2.62 bits per heavy atom. The van der Waals surface area contributed by atoms with E-state index in [1.54, 1.807) is 0 Å². The number of nitrogens with zero attached hydrogens (tertiary/aromatic N) is 1.